The zero-order valence-electron chi connectivity index (χ0n) is 11.6. The first kappa shape index (κ1) is 16.1. The summed E-state index contributed by atoms with van der Waals surface area (Å²) in [7, 11) is 0. The first-order chi connectivity index (χ1) is 9.42. The highest BCUT2D eigenvalue weighted by atomic mass is 19.4. The molecule has 0 aliphatic heterocycles. The fraction of sp³-hybridized carbons (Fsp3) is 0.357. The average molecular weight is 286 g/mol. The van der Waals surface area contributed by atoms with Gasteiger partial charge >= 0.3 is 6.36 Å². The summed E-state index contributed by atoms with van der Waals surface area (Å²) < 4.78 is 41.4. The number of benzene rings is 1. The van der Waals surface area contributed by atoms with E-state index < -0.39 is 6.36 Å². The molecule has 1 heterocycles. The van der Waals surface area contributed by atoms with E-state index in [4.69, 9.17) is 0 Å². The van der Waals surface area contributed by atoms with Gasteiger partial charge in [-0.05, 0) is 30.7 Å². The van der Waals surface area contributed by atoms with Gasteiger partial charge in [-0.15, -0.1) is 13.2 Å². The number of alkyl halides is 3. The summed E-state index contributed by atoms with van der Waals surface area (Å²) in [4.78, 5) is 0. The van der Waals surface area contributed by atoms with Crippen LogP contribution < -0.4 is 4.74 Å². The van der Waals surface area contributed by atoms with Crippen molar-refractivity contribution in [3.05, 3.63) is 47.8 Å². The molecule has 0 spiro atoms. The molecule has 110 valence electrons. The van der Waals surface area contributed by atoms with Crippen molar-refractivity contribution in [2.75, 3.05) is 0 Å². The number of aryl methyl sites for hydroxylation is 1. The van der Waals surface area contributed by atoms with E-state index >= 15 is 0 Å². The van der Waals surface area contributed by atoms with Gasteiger partial charge in [0, 0.05) is 6.20 Å². The number of hydrogen-bond acceptors (Lipinski definition) is 2. The number of halogens is 3. The van der Waals surface area contributed by atoms with Crippen molar-refractivity contribution in [2.45, 2.75) is 33.7 Å². The van der Waals surface area contributed by atoms with Gasteiger partial charge in [0.15, 0.2) is 0 Å². The summed E-state index contributed by atoms with van der Waals surface area (Å²) in [6.45, 7) is 6.39. The third-order valence-corrected chi connectivity index (χ3v) is 2.28. The molecule has 2 aromatic rings. The third kappa shape index (κ3) is 5.34. The first-order valence-corrected chi connectivity index (χ1v) is 6.27. The lowest BCUT2D eigenvalue weighted by molar-refractivity contribution is -0.274. The minimum absolute atomic E-state index is 0.220. The molecule has 0 atom stereocenters. The van der Waals surface area contributed by atoms with Crippen LogP contribution in [-0.4, -0.2) is 16.1 Å². The molecule has 20 heavy (non-hydrogen) atoms. The topological polar surface area (TPSA) is 27.1 Å². The molecule has 0 fully saturated rings. The van der Waals surface area contributed by atoms with Gasteiger partial charge in [0.1, 0.15) is 5.75 Å². The Hall–Kier alpha value is -1.98. The Labute approximate surface area is 116 Å². The van der Waals surface area contributed by atoms with E-state index in [-0.39, 0.29) is 5.75 Å². The van der Waals surface area contributed by atoms with Gasteiger partial charge in [-0.25, -0.2) is 0 Å². The Morgan fingerprint density at radius 3 is 2.15 bits per heavy atom. The lowest BCUT2D eigenvalue weighted by Crippen LogP contribution is -2.17. The lowest BCUT2D eigenvalue weighted by Gasteiger charge is -2.09. The highest BCUT2D eigenvalue weighted by Crippen LogP contribution is 2.22. The molecule has 0 aliphatic carbocycles. The van der Waals surface area contributed by atoms with Gasteiger partial charge in [0.25, 0.3) is 0 Å². The van der Waals surface area contributed by atoms with E-state index in [9.17, 15) is 13.2 Å². The van der Waals surface area contributed by atoms with E-state index in [1.165, 1.54) is 12.1 Å². The summed E-state index contributed by atoms with van der Waals surface area (Å²) >= 11 is 0. The highest BCUT2D eigenvalue weighted by molar-refractivity contribution is 5.27. The average Bonchev–Trinajstić information content (AvgIpc) is 2.78. The van der Waals surface area contributed by atoms with Gasteiger partial charge in [0.05, 0.1) is 12.2 Å². The van der Waals surface area contributed by atoms with Gasteiger partial charge < -0.3 is 4.74 Å². The molecule has 0 N–H and O–H groups in total. The maximum atomic E-state index is 12.0. The van der Waals surface area contributed by atoms with Crippen LogP contribution in [0.5, 0.6) is 5.75 Å². The second-order valence-electron chi connectivity index (χ2n) is 3.85. The van der Waals surface area contributed by atoms with E-state index in [0.29, 0.717) is 6.54 Å². The van der Waals surface area contributed by atoms with Crippen LogP contribution in [0.25, 0.3) is 0 Å². The van der Waals surface area contributed by atoms with Crippen LogP contribution in [0, 0.1) is 6.92 Å². The monoisotopic (exact) mass is 286 g/mol. The molecule has 0 saturated heterocycles. The molecule has 1 aromatic heterocycles. The molecule has 3 nitrogen and oxygen atoms in total. The Kier molecular flexibility index (Phi) is 5.61. The molecule has 0 amide bonds. The van der Waals surface area contributed by atoms with Crippen LogP contribution in [0.1, 0.15) is 25.1 Å². The van der Waals surface area contributed by atoms with Crippen molar-refractivity contribution in [1.29, 1.82) is 0 Å². The van der Waals surface area contributed by atoms with E-state index in [2.05, 4.69) is 9.84 Å². The normalized spacial score (nSPS) is 10.7. The smallest absolute Gasteiger partial charge is 0.406 e. The van der Waals surface area contributed by atoms with E-state index in [1.807, 2.05) is 33.0 Å². The van der Waals surface area contributed by atoms with Gasteiger partial charge in [-0.2, -0.15) is 5.10 Å². The molecular weight excluding hydrogens is 269 g/mol. The summed E-state index contributed by atoms with van der Waals surface area (Å²) in [5.41, 5.74) is 1.75. The first-order valence-electron chi connectivity index (χ1n) is 6.27. The molecular formula is C14H17F3N2O. The van der Waals surface area contributed by atoms with E-state index in [0.717, 1.165) is 11.3 Å². The van der Waals surface area contributed by atoms with Crippen molar-refractivity contribution in [1.82, 2.24) is 9.78 Å². The van der Waals surface area contributed by atoms with Crippen LogP contribution in [0.2, 0.25) is 0 Å². The minimum atomic E-state index is -4.65. The Morgan fingerprint density at radius 2 is 1.70 bits per heavy atom. The second-order valence-corrected chi connectivity index (χ2v) is 3.85. The highest BCUT2D eigenvalue weighted by Gasteiger charge is 2.30. The van der Waals surface area contributed by atoms with Crippen LogP contribution in [0.3, 0.4) is 0 Å². The molecule has 6 heteroatoms. The van der Waals surface area contributed by atoms with Crippen LogP contribution >= 0.6 is 0 Å². The minimum Gasteiger partial charge on any atom is -0.406 e. The fourth-order valence-corrected chi connectivity index (χ4v) is 1.53. The lowest BCUT2D eigenvalue weighted by atomic mass is 10.2. The number of ether oxygens (including phenoxy) is 1. The largest absolute Gasteiger partial charge is 0.573 e. The molecule has 0 bridgehead atoms. The molecule has 0 saturated carbocycles. The zero-order valence-corrected chi connectivity index (χ0v) is 11.6. The van der Waals surface area contributed by atoms with Gasteiger partial charge in [0.2, 0.25) is 0 Å². The van der Waals surface area contributed by atoms with Crippen molar-refractivity contribution in [3.8, 4) is 5.75 Å². The molecule has 0 aliphatic rings. The maximum Gasteiger partial charge on any atom is 0.573 e. The number of hydrogen-bond donors (Lipinski definition) is 0. The quantitative estimate of drug-likeness (QED) is 0.847. The standard InChI is InChI=1S/C12H11F3N2O.C2H6/c1-9-6-7-17(16-9)8-10-2-4-11(5-3-10)18-12(13,14)15;1-2/h2-7H,8H2,1H3;1-2H3. The molecule has 1 aromatic carbocycles. The summed E-state index contributed by atoms with van der Waals surface area (Å²) in [6.07, 6.45) is -2.84. The van der Waals surface area contributed by atoms with Crippen molar-refractivity contribution >= 4 is 0 Å². The van der Waals surface area contributed by atoms with Gasteiger partial charge in [-0.1, -0.05) is 26.0 Å². The third-order valence-electron chi connectivity index (χ3n) is 2.28. The van der Waals surface area contributed by atoms with Gasteiger partial charge in [-0.3, -0.25) is 4.68 Å². The maximum absolute atomic E-state index is 12.0. The SMILES string of the molecule is CC.Cc1ccn(Cc2ccc(OC(F)(F)F)cc2)n1. The number of rotatable bonds is 3. The Balaban J connectivity index is 0.000000956. The predicted molar refractivity (Wildman–Crippen MR) is 70.5 cm³/mol. The summed E-state index contributed by atoms with van der Waals surface area (Å²) in [6, 6.07) is 7.61. The van der Waals surface area contributed by atoms with Crippen LogP contribution in [-0.2, 0) is 6.54 Å². The molecule has 0 unspecified atom stereocenters. The predicted octanol–water partition coefficient (Wildman–Crippen LogP) is 4.16. The molecule has 0 radical (unpaired) electrons. The number of nitrogens with zero attached hydrogens (tertiary/aromatic N) is 2. The van der Waals surface area contributed by atoms with Crippen molar-refractivity contribution in [2.24, 2.45) is 0 Å². The van der Waals surface area contributed by atoms with Crippen LogP contribution in [0.4, 0.5) is 13.2 Å². The number of aromatic nitrogens is 2. The Bertz CT molecular complexity index is 518. The second kappa shape index (κ2) is 6.98. The zero-order chi connectivity index (χ0) is 15.2. The van der Waals surface area contributed by atoms with Crippen LogP contribution in [0.15, 0.2) is 36.5 Å². The molecule has 2 rings (SSSR count). The van der Waals surface area contributed by atoms with Crippen molar-refractivity contribution < 1.29 is 17.9 Å². The Morgan fingerprint density at radius 1 is 1.10 bits per heavy atom. The fourth-order valence-electron chi connectivity index (χ4n) is 1.53. The van der Waals surface area contributed by atoms with Crippen molar-refractivity contribution in [3.63, 3.8) is 0 Å². The summed E-state index contributed by atoms with van der Waals surface area (Å²) in [5.74, 6) is -0.220. The van der Waals surface area contributed by atoms with E-state index in [1.54, 1.807) is 16.8 Å². The summed E-state index contributed by atoms with van der Waals surface area (Å²) in [5, 5.41) is 4.19.